The van der Waals surface area contributed by atoms with Crippen LogP contribution >= 0.6 is 31.9 Å². The fraction of sp³-hybridized carbons (Fsp3) is 0.118. The largest absolute Gasteiger partial charge is 0.473 e. The van der Waals surface area contributed by atoms with Crippen LogP contribution in [0, 0.1) is 6.20 Å². The Balaban J connectivity index is 1.73. The zero-order valence-corrected chi connectivity index (χ0v) is 16.9. The van der Waals surface area contributed by atoms with E-state index in [1.165, 1.54) is 0 Å². The molecule has 2 aromatic heterocycles. The third-order valence-corrected chi connectivity index (χ3v) is 4.14. The number of ether oxygens (including phenoxy) is 2. The number of aromatic nitrogens is 4. The molecule has 0 spiro atoms. The first kappa shape index (κ1) is 19.2. The number of carbonyl (C=O) groups is 1. The average Bonchev–Trinajstić information content (AvgIpc) is 2.67. The molecule has 0 unspecified atom stereocenters. The highest BCUT2D eigenvalue weighted by Crippen LogP contribution is 2.28. The number of nitrogens with two attached hydrogens (primary N) is 1. The van der Waals surface area contributed by atoms with Crippen LogP contribution in [-0.2, 0) is 0 Å². The molecular weight excluding hydrogens is 482 g/mol. The summed E-state index contributed by atoms with van der Waals surface area (Å²) in [5.41, 5.74) is 6.53. The molecule has 0 aliphatic rings. The molecule has 0 saturated heterocycles. The van der Waals surface area contributed by atoms with Crippen molar-refractivity contribution in [2.45, 2.75) is 0 Å². The summed E-state index contributed by atoms with van der Waals surface area (Å²) in [5, 5.41) is 0. The molecule has 8 nitrogen and oxygen atoms in total. The summed E-state index contributed by atoms with van der Waals surface area (Å²) in [5.74, 6) is -0.762. The number of nitrogens with zero attached hydrogens (tertiary/aromatic N) is 4. The lowest BCUT2D eigenvalue weighted by Gasteiger charge is -2.11. The number of carbonyl (C=O) groups excluding carboxylic acids is 1. The van der Waals surface area contributed by atoms with Crippen molar-refractivity contribution in [2.75, 3.05) is 13.2 Å². The Morgan fingerprint density at radius 2 is 1.70 bits per heavy atom. The van der Waals surface area contributed by atoms with E-state index < -0.39 is 5.91 Å². The highest BCUT2D eigenvalue weighted by molar-refractivity contribution is 9.10. The summed E-state index contributed by atoms with van der Waals surface area (Å²) >= 11 is 6.63. The lowest BCUT2D eigenvalue weighted by atomic mass is 10.1. The van der Waals surface area contributed by atoms with Crippen LogP contribution < -0.4 is 15.2 Å². The van der Waals surface area contributed by atoms with Crippen molar-refractivity contribution >= 4 is 37.8 Å². The van der Waals surface area contributed by atoms with Crippen LogP contribution in [0.3, 0.4) is 0 Å². The van der Waals surface area contributed by atoms with Crippen LogP contribution in [0.2, 0.25) is 0 Å². The summed E-state index contributed by atoms with van der Waals surface area (Å²) in [4.78, 5) is 27.3. The first-order valence-corrected chi connectivity index (χ1v) is 9.20. The van der Waals surface area contributed by atoms with Gasteiger partial charge in [-0.25, -0.2) is 15.0 Å². The van der Waals surface area contributed by atoms with Crippen molar-refractivity contribution in [1.29, 1.82) is 0 Å². The maximum Gasteiger partial charge on any atom is 0.316 e. The number of hydrogen-bond donors (Lipinski definition) is 1. The number of hydrogen-bond acceptors (Lipinski definition) is 7. The second-order valence-electron chi connectivity index (χ2n) is 5.09. The Hall–Kier alpha value is -2.59. The smallest absolute Gasteiger partial charge is 0.316 e. The zero-order chi connectivity index (χ0) is 19.2. The van der Waals surface area contributed by atoms with Crippen LogP contribution in [-0.4, -0.2) is 39.1 Å². The van der Waals surface area contributed by atoms with E-state index in [1.54, 1.807) is 12.4 Å². The molecule has 2 N–H and O–H groups in total. The minimum absolute atomic E-state index is 0.145. The predicted molar refractivity (Wildman–Crippen MR) is 103 cm³/mol. The quantitative estimate of drug-likeness (QED) is 0.503. The van der Waals surface area contributed by atoms with Gasteiger partial charge < -0.3 is 15.2 Å². The molecule has 3 aromatic rings. The molecular formula is C17H12Br2N5O3. The standard InChI is InChI=1S/C17H12Br2N5O3/c18-11-3-1-10(2-4-11)13-9-21-15(14(20)25)24-16(13)26-5-6-27-17-22-7-12(19)8-23-17/h1-4,7-8H,5-6H2,(H2,20,25). The van der Waals surface area contributed by atoms with E-state index in [-0.39, 0.29) is 30.9 Å². The number of benzene rings is 1. The number of rotatable bonds is 7. The molecule has 0 atom stereocenters. The van der Waals surface area contributed by atoms with Crippen molar-refractivity contribution < 1.29 is 14.3 Å². The Morgan fingerprint density at radius 3 is 2.37 bits per heavy atom. The molecule has 1 aromatic carbocycles. The summed E-state index contributed by atoms with van der Waals surface area (Å²) in [6.07, 6.45) is 5.92. The molecule has 27 heavy (non-hydrogen) atoms. The van der Waals surface area contributed by atoms with Crippen LogP contribution in [0.5, 0.6) is 11.9 Å². The fourth-order valence-electron chi connectivity index (χ4n) is 2.00. The van der Waals surface area contributed by atoms with Crippen molar-refractivity contribution in [3.8, 4) is 23.0 Å². The minimum Gasteiger partial charge on any atom is -0.473 e. The van der Waals surface area contributed by atoms with Gasteiger partial charge in [-0.3, -0.25) is 4.79 Å². The topological polar surface area (TPSA) is 113 Å². The van der Waals surface area contributed by atoms with E-state index in [9.17, 15) is 4.79 Å². The molecule has 1 amide bonds. The van der Waals surface area contributed by atoms with E-state index in [2.05, 4.69) is 58.0 Å². The molecule has 0 bridgehead atoms. The summed E-state index contributed by atoms with van der Waals surface area (Å²) in [6.45, 7) is 0.323. The third kappa shape index (κ3) is 5.20. The first-order chi connectivity index (χ1) is 13.0. The SMILES string of the molecule is NC(=O)c1n[c]c(-c2ccc(Br)cc2)c(OCCOc2ncc(Br)cn2)n1. The second-order valence-corrected chi connectivity index (χ2v) is 6.92. The van der Waals surface area contributed by atoms with Crippen molar-refractivity contribution in [3.05, 3.63) is 57.6 Å². The van der Waals surface area contributed by atoms with Gasteiger partial charge in [0.25, 0.3) is 5.91 Å². The van der Waals surface area contributed by atoms with Gasteiger partial charge >= 0.3 is 6.01 Å². The monoisotopic (exact) mass is 492 g/mol. The maximum absolute atomic E-state index is 11.4. The maximum atomic E-state index is 11.4. The molecule has 3 rings (SSSR count). The lowest BCUT2D eigenvalue weighted by Crippen LogP contribution is -2.17. The van der Waals surface area contributed by atoms with Gasteiger partial charge in [0.15, 0.2) is 0 Å². The van der Waals surface area contributed by atoms with Gasteiger partial charge in [-0.1, -0.05) is 28.1 Å². The Kier molecular flexibility index (Phi) is 6.30. The van der Waals surface area contributed by atoms with E-state index in [0.29, 0.717) is 5.56 Å². The van der Waals surface area contributed by atoms with E-state index in [1.807, 2.05) is 24.3 Å². The van der Waals surface area contributed by atoms with Gasteiger partial charge in [-0.2, -0.15) is 4.98 Å². The number of amides is 1. The lowest BCUT2D eigenvalue weighted by molar-refractivity contribution is 0.0988. The molecule has 0 aliphatic heterocycles. The molecule has 2 heterocycles. The summed E-state index contributed by atoms with van der Waals surface area (Å²) in [6, 6.07) is 7.65. The fourth-order valence-corrected chi connectivity index (χ4v) is 2.47. The van der Waals surface area contributed by atoms with Crippen molar-refractivity contribution in [3.63, 3.8) is 0 Å². The minimum atomic E-state index is -0.766. The molecule has 137 valence electrons. The van der Waals surface area contributed by atoms with E-state index in [0.717, 1.165) is 14.5 Å². The van der Waals surface area contributed by atoms with Crippen LogP contribution in [0.1, 0.15) is 10.6 Å². The number of halogens is 2. The van der Waals surface area contributed by atoms with Gasteiger partial charge in [0.05, 0.1) is 10.0 Å². The Labute approximate surface area is 171 Å². The van der Waals surface area contributed by atoms with E-state index in [4.69, 9.17) is 15.2 Å². The van der Waals surface area contributed by atoms with Gasteiger partial charge in [0.1, 0.15) is 19.4 Å². The average molecular weight is 494 g/mol. The highest BCUT2D eigenvalue weighted by Gasteiger charge is 2.14. The second kappa shape index (κ2) is 8.87. The number of primary amides is 1. The molecule has 0 aliphatic carbocycles. The first-order valence-electron chi connectivity index (χ1n) is 7.61. The Morgan fingerprint density at radius 1 is 1.04 bits per heavy atom. The van der Waals surface area contributed by atoms with E-state index >= 15 is 0 Å². The molecule has 0 fully saturated rings. The van der Waals surface area contributed by atoms with Crippen molar-refractivity contribution in [1.82, 2.24) is 19.9 Å². The van der Waals surface area contributed by atoms with Gasteiger partial charge in [-0.15, -0.1) is 0 Å². The Bertz CT molecular complexity index is 936. The molecule has 1 radical (unpaired) electrons. The van der Waals surface area contributed by atoms with Crippen LogP contribution in [0.25, 0.3) is 11.1 Å². The molecule has 0 saturated carbocycles. The van der Waals surface area contributed by atoms with Gasteiger partial charge in [-0.05, 0) is 33.6 Å². The van der Waals surface area contributed by atoms with Crippen LogP contribution in [0.4, 0.5) is 0 Å². The normalized spacial score (nSPS) is 10.4. The third-order valence-electron chi connectivity index (χ3n) is 3.20. The highest BCUT2D eigenvalue weighted by atomic mass is 79.9. The van der Waals surface area contributed by atoms with Gasteiger partial charge in [0, 0.05) is 16.9 Å². The van der Waals surface area contributed by atoms with Crippen molar-refractivity contribution in [2.24, 2.45) is 5.73 Å². The predicted octanol–water partition coefficient (Wildman–Crippen LogP) is 2.82. The summed E-state index contributed by atoms with van der Waals surface area (Å²) in [7, 11) is 0. The van der Waals surface area contributed by atoms with Crippen LogP contribution in [0.15, 0.2) is 45.6 Å². The zero-order valence-electron chi connectivity index (χ0n) is 13.7. The summed E-state index contributed by atoms with van der Waals surface area (Å²) < 4.78 is 12.7. The molecule has 10 heteroatoms. The van der Waals surface area contributed by atoms with Gasteiger partial charge in [0.2, 0.25) is 11.7 Å².